The van der Waals surface area contributed by atoms with Gasteiger partial charge in [0.25, 0.3) is 5.91 Å². The maximum Gasteiger partial charge on any atom is 0.252 e. The Bertz CT molecular complexity index is 1170. The molecular weight excluding hydrogens is 388 g/mol. The minimum Gasteiger partial charge on any atom is -0.463 e. The fraction of sp³-hybridized carbons (Fsp3) is 0.240. The zero-order valence-corrected chi connectivity index (χ0v) is 17.3. The highest BCUT2D eigenvalue weighted by atomic mass is 16.3. The van der Waals surface area contributed by atoms with Gasteiger partial charge in [0.15, 0.2) is 11.8 Å². The molecule has 0 unspecified atom stereocenters. The van der Waals surface area contributed by atoms with Crippen molar-refractivity contribution in [2.24, 2.45) is 0 Å². The van der Waals surface area contributed by atoms with Gasteiger partial charge in [-0.2, -0.15) is 0 Å². The highest BCUT2D eigenvalue weighted by Gasteiger charge is 2.30. The summed E-state index contributed by atoms with van der Waals surface area (Å²) in [5.74, 6) is 0.826. The highest BCUT2D eigenvalue weighted by molar-refractivity contribution is 6.07. The van der Waals surface area contributed by atoms with E-state index in [0.717, 1.165) is 41.0 Å². The predicted octanol–water partition coefficient (Wildman–Crippen LogP) is 3.04. The average Bonchev–Trinajstić information content (AvgIpc) is 3.54. The van der Waals surface area contributed by atoms with Gasteiger partial charge in [-0.25, -0.2) is 4.98 Å². The molecular formula is C25H25N4O2+. The van der Waals surface area contributed by atoms with Crippen LogP contribution in [0.15, 0.2) is 77.7 Å². The second kappa shape index (κ2) is 8.70. The summed E-state index contributed by atoms with van der Waals surface area (Å²) < 4.78 is 5.70. The maximum atomic E-state index is 13.3. The van der Waals surface area contributed by atoms with Gasteiger partial charge in [0.05, 0.1) is 42.7 Å². The lowest BCUT2D eigenvalue weighted by atomic mass is 10.0. The van der Waals surface area contributed by atoms with Gasteiger partial charge in [-0.15, -0.1) is 0 Å². The number of para-hydroxylation sites is 1. The van der Waals surface area contributed by atoms with E-state index in [1.165, 1.54) is 17.7 Å². The van der Waals surface area contributed by atoms with Crippen molar-refractivity contribution >= 4 is 16.8 Å². The fourth-order valence-corrected chi connectivity index (χ4v) is 4.43. The molecule has 0 aliphatic carbocycles. The first kappa shape index (κ1) is 19.5. The zero-order chi connectivity index (χ0) is 21.0. The Morgan fingerprint density at radius 3 is 2.74 bits per heavy atom. The second-order valence-corrected chi connectivity index (χ2v) is 7.96. The molecule has 0 radical (unpaired) electrons. The lowest BCUT2D eigenvalue weighted by Gasteiger charge is -2.23. The Hall–Kier alpha value is -3.51. The molecule has 3 aromatic heterocycles. The van der Waals surface area contributed by atoms with Crippen LogP contribution < -0.4 is 10.2 Å². The smallest absolute Gasteiger partial charge is 0.252 e. The molecule has 2 N–H and O–H groups in total. The zero-order valence-electron chi connectivity index (χ0n) is 17.3. The van der Waals surface area contributed by atoms with Crippen molar-refractivity contribution in [3.05, 3.63) is 84.6 Å². The maximum absolute atomic E-state index is 13.3. The van der Waals surface area contributed by atoms with Crippen molar-refractivity contribution in [1.82, 2.24) is 15.3 Å². The summed E-state index contributed by atoms with van der Waals surface area (Å²) in [6.07, 6.45) is 7.63. The van der Waals surface area contributed by atoms with Gasteiger partial charge in [0, 0.05) is 36.2 Å². The van der Waals surface area contributed by atoms with E-state index in [0.29, 0.717) is 12.1 Å². The largest absolute Gasteiger partial charge is 0.463 e. The Labute approximate surface area is 180 Å². The first-order valence-corrected chi connectivity index (χ1v) is 10.8. The average molecular weight is 414 g/mol. The molecule has 6 nitrogen and oxygen atoms in total. The summed E-state index contributed by atoms with van der Waals surface area (Å²) in [6, 6.07) is 17.5. The first-order chi connectivity index (χ1) is 15.3. The third-order valence-corrected chi connectivity index (χ3v) is 6.01. The van der Waals surface area contributed by atoms with E-state index < -0.39 is 0 Å². The van der Waals surface area contributed by atoms with E-state index in [-0.39, 0.29) is 11.9 Å². The Kier molecular flexibility index (Phi) is 5.46. The number of furan rings is 1. The standard InChI is InChI=1S/C25H24N4O2/c30-25(27-17-23(24-10-6-14-31-24)29-12-3-4-13-29)20-15-22(18-7-5-11-26-16-18)28-21-9-2-1-8-19(20)21/h1-2,5-11,14-16,23H,3-4,12-13,17H2,(H,27,30)/p+1/t23-/m0/s1. The lowest BCUT2D eigenvalue weighted by Crippen LogP contribution is -3.11. The number of hydrogen-bond acceptors (Lipinski definition) is 4. The van der Waals surface area contributed by atoms with Gasteiger partial charge in [0.1, 0.15) is 0 Å². The van der Waals surface area contributed by atoms with E-state index >= 15 is 0 Å². The number of hydrogen-bond donors (Lipinski definition) is 2. The molecule has 6 heteroatoms. The Morgan fingerprint density at radius 2 is 1.97 bits per heavy atom. The Balaban J connectivity index is 1.45. The minimum atomic E-state index is -0.0982. The number of nitrogens with zero attached hydrogens (tertiary/aromatic N) is 2. The molecule has 1 atom stereocenters. The molecule has 31 heavy (non-hydrogen) atoms. The number of nitrogens with one attached hydrogen (secondary N) is 2. The summed E-state index contributed by atoms with van der Waals surface area (Å²) in [5, 5.41) is 4.02. The summed E-state index contributed by atoms with van der Waals surface area (Å²) in [6.45, 7) is 2.73. The van der Waals surface area contributed by atoms with Crippen LogP contribution in [-0.4, -0.2) is 35.5 Å². The number of benzene rings is 1. The van der Waals surface area contributed by atoms with Crippen molar-refractivity contribution in [3.8, 4) is 11.3 Å². The Morgan fingerprint density at radius 1 is 1.10 bits per heavy atom. The molecule has 1 amide bonds. The third kappa shape index (κ3) is 4.07. The van der Waals surface area contributed by atoms with Crippen LogP contribution in [0.2, 0.25) is 0 Å². The van der Waals surface area contributed by atoms with Crippen molar-refractivity contribution in [3.63, 3.8) is 0 Å². The summed E-state index contributed by atoms with van der Waals surface area (Å²) >= 11 is 0. The van der Waals surface area contributed by atoms with E-state index in [1.54, 1.807) is 18.7 Å². The molecule has 0 saturated carbocycles. The van der Waals surface area contributed by atoms with Crippen LogP contribution in [0.4, 0.5) is 0 Å². The van der Waals surface area contributed by atoms with Gasteiger partial charge in [-0.3, -0.25) is 9.78 Å². The predicted molar refractivity (Wildman–Crippen MR) is 119 cm³/mol. The van der Waals surface area contributed by atoms with Crippen molar-refractivity contribution in [1.29, 1.82) is 0 Å². The number of rotatable bonds is 6. The van der Waals surface area contributed by atoms with Gasteiger partial charge >= 0.3 is 0 Å². The van der Waals surface area contributed by atoms with Crippen LogP contribution in [0.3, 0.4) is 0 Å². The lowest BCUT2D eigenvalue weighted by molar-refractivity contribution is -0.919. The molecule has 1 aliphatic rings. The topological polar surface area (TPSA) is 72.5 Å². The molecule has 5 rings (SSSR count). The van der Waals surface area contributed by atoms with Crippen LogP contribution in [0, 0.1) is 0 Å². The van der Waals surface area contributed by atoms with Crippen LogP contribution in [0.5, 0.6) is 0 Å². The van der Waals surface area contributed by atoms with Gasteiger partial charge in [0.2, 0.25) is 0 Å². The summed E-state index contributed by atoms with van der Waals surface area (Å²) in [7, 11) is 0. The van der Waals surface area contributed by atoms with E-state index in [2.05, 4.69) is 10.3 Å². The number of carbonyl (C=O) groups is 1. The first-order valence-electron chi connectivity index (χ1n) is 10.8. The molecule has 1 aliphatic heterocycles. The van der Waals surface area contributed by atoms with Crippen molar-refractivity contribution in [2.45, 2.75) is 18.9 Å². The van der Waals surface area contributed by atoms with Crippen molar-refractivity contribution in [2.75, 3.05) is 19.6 Å². The molecule has 1 aromatic carbocycles. The van der Waals surface area contributed by atoms with E-state index in [4.69, 9.17) is 9.40 Å². The molecule has 1 saturated heterocycles. The van der Waals surface area contributed by atoms with Crippen LogP contribution >= 0.6 is 0 Å². The number of aromatic nitrogens is 2. The number of amides is 1. The molecule has 4 aromatic rings. The van der Waals surface area contributed by atoms with Gasteiger partial charge < -0.3 is 14.6 Å². The normalized spacial score (nSPS) is 15.2. The second-order valence-electron chi connectivity index (χ2n) is 7.96. The molecule has 0 spiro atoms. The number of pyridine rings is 2. The SMILES string of the molecule is O=C(NC[C@@H](c1ccco1)[NH+]1CCCC1)c1cc(-c2cccnc2)nc2ccccc12. The molecule has 0 bridgehead atoms. The monoisotopic (exact) mass is 413 g/mol. The van der Waals surface area contributed by atoms with Gasteiger partial charge in [-0.1, -0.05) is 18.2 Å². The van der Waals surface area contributed by atoms with Crippen LogP contribution in [0.1, 0.15) is 35.0 Å². The molecule has 1 fully saturated rings. The highest BCUT2D eigenvalue weighted by Crippen LogP contribution is 2.24. The third-order valence-electron chi connectivity index (χ3n) is 6.01. The quantitative estimate of drug-likeness (QED) is 0.510. The molecule has 156 valence electrons. The number of quaternary nitrogens is 1. The van der Waals surface area contributed by atoms with Crippen LogP contribution in [-0.2, 0) is 0 Å². The van der Waals surface area contributed by atoms with E-state index in [9.17, 15) is 4.79 Å². The summed E-state index contributed by atoms with van der Waals surface area (Å²) in [5.41, 5.74) is 3.04. The minimum absolute atomic E-state index is 0.0982. The summed E-state index contributed by atoms with van der Waals surface area (Å²) in [4.78, 5) is 23.7. The van der Waals surface area contributed by atoms with E-state index in [1.807, 2.05) is 54.6 Å². The fourth-order valence-electron chi connectivity index (χ4n) is 4.43. The number of fused-ring (bicyclic) bond motifs is 1. The number of carbonyl (C=O) groups excluding carboxylic acids is 1. The van der Waals surface area contributed by atoms with Crippen molar-refractivity contribution < 1.29 is 14.1 Å². The number of likely N-dealkylation sites (tertiary alicyclic amines) is 1. The van der Waals surface area contributed by atoms with Crippen LogP contribution in [0.25, 0.3) is 22.2 Å². The van der Waals surface area contributed by atoms with Gasteiger partial charge in [-0.05, 0) is 36.4 Å². The molecule has 4 heterocycles.